The van der Waals surface area contributed by atoms with Crippen LogP contribution >= 0.6 is 11.6 Å². The number of ether oxygens (including phenoxy) is 2. The van der Waals surface area contributed by atoms with Crippen LogP contribution < -0.4 is 14.8 Å². The van der Waals surface area contributed by atoms with Crippen molar-refractivity contribution in [3.8, 4) is 11.5 Å². The summed E-state index contributed by atoms with van der Waals surface area (Å²) >= 11 is 6.04. The number of nitrogens with one attached hydrogen (secondary N) is 1. The number of aryl methyl sites for hydroxylation is 2. The Bertz CT molecular complexity index is 1500. The van der Waals surface area contributed by atoms with Crippen LogP contribution in [0.3, 0.4) is 0 Å². The van der Waals surface area contributed by atoms with E-state index in [9.17, 15) is 4.79 Å². The molecule has 2 aliphatic heterocycles. The van der Waals surface area contributed by atoms with Crippen LogP contribution in [0.4, 0.5) is 0 Å². The normalized spacial score (nSPS) is 20.3. The fourth-order valence-corrected chi connectivity index (χ4v) is 6.89. The summed E-state index contributed by atoms with van der Waals surface area (Å²) in [6.07, 6.45) is 7.84. The second kappa shape index (κ2) is 12.2. The van der Waals surface area contributed by atoms with Gasteiger partial charge >= 0.3 is 0 Å². The van der Waals surface area contributed by atoms with Crippen molar-refractivity contribution in [1.29, 1.82) is 0 Å². The number of aromatic nitrogens is 1. The van der Waals surface area contributed by atoms with E-state index in [1.165, 1.54) is 18.4 Å². The van der Waals surface area contributed by atoms with Gasteiger partial charge in [0.2, 0.25) is 0 Å². The van der Waals surface area contributed by atoms with Crippen molar-refractivity contribution < 1.29 is 14.3 Å². The highest BCUT2D eigenvalue weighted by atomic mass is 35.5. The van der Waals surface area contributed by atoms with Gasteiger partial charge in [0.15, 0.2) is 0 Å². The largest absolute Gasteiger partial charge is 0.495 e. The smallest absolute Gasteiger partial charge is 0.253 e. The van der Waals surface area contributed by atoms with Crippen LogP contribution in [0.2, 0.25) is 5.02 Å². The minimum absolute atomic E-state index is 0.0655. The highest BCUT2D eigenvalue weighted by molar-refractivity contribution is 6.30. The van der Waals surface area contributed by atoms with Crippen molar-refractivity contribution in [1.82, 2.24) is 14.8 Å². The van der Waals surface area contributed by atoms with E-state index >= 15 is 0 Å². The number of halogens is 1. The number of hydrogen-bond donors (Lipinski definition) is 1. The highest BCUT2D eigenvalue weighted by Crippen LogP contribution is 2.38. The molecule has 2 bridgehead atoms. The van der Waals surface area contributed by atoms with Crippen LogP contribution in [0, 0.1) is 6.92 Å². The average Bonchev–Trinajstić information content (AvgIpc) is 3.46. The fourth-order valence-electron chi connectivity index (χ4n) is 6.76. The van der Waals surface area contributed by atoms with Crippen LogP contribution in [0.15, 0.2) is 72.9 Å². The lowest BCUT2D eigenvalue weighted by molar-refractivity contribution is 0.0482. The minimum atomic E-state index is -0.0655. The maximum absolute atomic E-state index is 13.3. The van der Waals surface area contributed by atoms with Crippen LogP contribution in [0.1, 0.15) is 53.6 Å². The van der Waals surface area contributed by atoms with Crippen molar-refractivity contribution in [2.45, 2.75) is 70.3 Å². The van der Waals surface area contributed by atoms with Gasteiger partial charge in [0, 0.05) is 48.3 Å². The summed E-state index contributed by atoms with van der Waals surface area (Å²) < 4.78 is 14.3. The Balaban J connectivity index is 1.11. The number of carbonyl (C=O) groups excluding carboxylic acids is 1. The zero-order chi connectivity index (χ0) is 28.3. The Labute approximate surface area is 247 Å². The second-order valence-electron chi connectivity index (χ2n) is 11.4. The van der Waals surface area contributed by atoms with Gasteiger partial charge in [-0.3, -0.25) is 9.69 Å². The molecule has 0 aliphatic carbocycles. The monoisotopic (exact) mass is 571 g/mol. The highest BCUT2D eigenvalue weighted by Gasteiger charge is 2.41. The maximum Gasteiger partial charge on any atom is 0.253 e. The summed E-state index contributed by atoms with van der Waals surface area (Å²) in [5.41, 5.74) is 3.95. The predicted molar refractivity (Wildman–Crippen MR) is 164 cm³/mol. The number of hydrogen-bond acceptors (Lipinski definition) is 4. The van der Waals surface area contributed by atoms with Crippen LogP contribution in [0.25, 0.3) is 10.9 Å². The second-order valence-corrected chi connectivity index (χ2v) is 11.8. The predicted octanol–water partition coefficient (Wildman–Crippen LogP) is 7.01. The Morgan fingerprint density at radius 3 is 2.49 bits per heavy atom. The molecule has 3 aromatic carbocycles. The Morgan fingerprint density at radius 2 is 1.76 bits per heavy atom. The number of carbonyl (C=O) groups is 1. The summed E-state index contributed by atoms with van der Waals surface area (Å²) in [7, 11) is 1.69. The number of rotatable bonds is 10. The summed E-state index contributed by atoms with van der Waals surface area (Å²) in [6, 6.07) is 23.0. The molecule has 3 heterocycles. The van der Waals surface area contributed by atoms with Gasteiger partial charge in [0.25, 0.3) is 5.91 Å². The number of fused-ring (bicyclic) bond motifs is 3. The first-order valence-electron chi connectivity index (χ1n) is 14.7. The van der Waals surface area contributed by atoms with Crippen LogP contribution in [-0.2, 0) is 13.1 Å². The molecule has 1 N–H and O–H groups in total. The third-order valence-corrected chi connectivity index (χ3v) is 8.89. The van der Waals surface area contributed by atoms with E-state index in [1.807, 2.05) is 60.8 Å². The molecule has 0 saturated carbocycles. The van der Waals surface area contributed by atoms with Gasteiger partial charge in [-0.05, 0) is 74.9 Å². The number of nitrogens with zero attached hydrogens (tertiary/aromatic N) is 2. The lowest BCUT2D eigenvalue weighted by atomic mass is 9.99. The molecule has 1 amide bonds. The molecule has 2 saturated heterocycles. The summed E-state index contributed by atoms with van der Waals surface area (Å²) in [4.78, 5) is 16.0. The molecule has 0 radical (unpaired) electrons. The van der Waals surface area contributed by atoms with Gasteiger partial charge in [-0.2, -0.15) is 0 Å². The van der Waals surface area contributed by atoms with Gasteiger partial charge in [-0.25, -0.2) is 0 Å². The Hall–Kier alpha value is -3.48. The lowest BCUT2D eigenvalue weighted by Crippen LogP contribution is -2.46. The van der Waals surface area contributed by atoms with Gasteiger partial charge in [-0.1, -0.05) is 53.6 Å². The van der Waals surface area contributed by atoms with E-state index in [2.05, 4.69) is 33.8 Å². The Morgan fingerprint density at radius 1 is 1.00 bits per heavy atom. The standard InChI is InChI=1S/C34H38ClN3O3/c1-23-6-3-7-24(18-23)21-36-34(39)31-22-37(33-30(31)8-4-9-32(33)40-2)16-5-17-38-26-12-13-27(38)20-29(19-26)41-28-14-10-25(35)11-15-28/h3-4,6-11,14-15,18,22,26-27,29H,5,12-13,16-17,19-21H2,1-2H3,(H,36,39). The summed E-state index contributed by atoms with van der Waals surface area (Å²) in [6.45, 7) is 4.42. The van der Waals surface area contributed by atoms with Crippen LogP contribution in [0.5, 0.6) is 11.5 Å². The number of piperidine rings is 1. The molecule has 214 valence electrons. The Kier molecular flexibility index (Phi) is 8.22. The minimum Gasteiger partial charge on any atom is -0.495 e. The zero-order valence-electron chi connectivity index (χ0n) is 23.8. The summed E-state index contributed by atoms with van der Waals surface area (Å²) in [5.74, 6) is 1.63. The molecule has 41 heavy (non-hydrogen) atoms. The first-order chi connectivity index (χ1) is 20.0. The van der Waals surface area contributed by atoms with Crippen molar-refractivity contribution in [2.24, 2.45) is 0 Å². The number of benzene rings is 3. The molecule has 7 heteroatoms. The third-order valence-electron chi connectivity index (χ3n) is 8.63. The molecule has 2 atom stereocenters. The molecular weight excluding hydrogens is 534 g/mol. The van der Waals surface area contributed by atoms with E-state index in [1.54, 1.807) is 7.11 Å². The first-order valence-corrected chi connectivity index (χ1v) is 15.0. The fraction of sp³-hybridized carbons (Fsp3) is 0.382. The molecule has 2 fully saturated rings. The topological polar surface area (TPSA) is 55.7 Å². The number of para-hydroxylation sites is 1. The zero-order valence-corrected chi connectivity index (χ0v) is 24.6. The lowest BCUT2D eigenvalue weighted by Gasteiger charge is -2.39. The van der Waals surface area contributed by atoms with E-state index in [4.69, 9.17) is 21.1 Å². The van der Waals surface area contributed by atoms with Crippen LogP contribution in [-0.4, -0.2) is 47.2 Å². The molecule has 0 spiro atoms. The number of amides is 1. The first kappa shape index (κ1) is 27.7. The molecule has 4 aromatic rings. The third kappa shape index (κ3) is 6.09. The van der Waals surface area contributed by atoms with Gasteiger partial charge in [0.05, 0.1) is 18.2 Å². The van der Waals surface area contributed by atoms with E-state index in [-0.39, 0.29) is 12.0 Å². The number of methoxy groups -OCH3 is 1. The van der Waals surface area contributed by atoms with E-state index in [0.717, 1.165) is 65.3 Å². The quantitative estimate of drug-likeness (QED) is 0.222. The molecule has 2 unspecified atom stereocenters. The molecule has 6 nitrogen and oxygen atoms in total. The van der Waals surface area contributed by atoms with Crippen molar-refractivity contribution in [2.75, 3.05) is 13.7 Å². The van der Waals surface area contributed by atoms with Gasteiger partial charge < -0.3 is 19.4 Å². The van der Waals surface area contributed by atoms with E-state index < -0.39 is 0 Å². The molecule has 1 aromatic heterocycles. The average molecular weight is 572 g/mol. The molecular formula is C34H38ClN3O3. The molecule has 2 aliphatic rings. The van der Waals surface area contributed by atoms with E-state index in [0.29, 0.717) is 24.2 Å². The maximum atomic E-state index is 13.3. The van der Waals surface area contributed by atoms with Crippen molar-refractivity contribution in [3.63, 3.8) is 0 Å². The van der Waals surface area contributed by atoms with Crippen molar-refractivity contribution in [3.05, 3.63) is 94.6 Å². The SMILES string of the molecule is COc1cccc2c(C(=O)NCc3cccc(C)c3)cn(CCCN3C4CCC3CC(Oc3ccc(Cl)cc3)C4)c12. The van der Waals surface area contributed by atoms with Gasteiger partial charge in [-0.15, -0.1) is 0 Å². The molecule has 6 rings (SSSR count). The van der Waals surface area contributed by atoms with Gasteiger partial charge in [0.1, 0.15) is 17.6 Å². The summed E-state index contributed by atoms with van der Waals surface area (Å²) in [5, 5.41) is 4.77. The van der Waals surface area contributed by atoms with Crippen molar-refractivity contribution >= 4 is 28.4 Å².